The molecule has 0 bridgehead atoms. The molecule has 39 heavy (non-hydrogen) atoms. The van der Waals surface area contributed by atoms with E-state index in [0.717, 1.165) is 25.7 Å². The molecule has 0 heterocycles. The van der Waals surface area contributed by atoms with Gasteiger partial charge in [0.25, 0.3) is 0 Å². The molecule has 0 aromatic rings. The molecule has 5 heteroatoms. The summed E-state index contributed by atoms with van der Waals surface area (Å²) < 4.78 is 4.75. The lowest BCUT2D eigenvalue weighted by Crippen LogP contribution is -2.33. The van der Waals surface area contributed by atoms with Crippen LogP contribution >= 0.6 is 0 Å². The van der Waals surface area contributed by atoms with Crippen molar-refractivity contribution in [2.45, 2.75) is 200 Å². The molecule has 2 unspecified atom stereocenters. The van der Waals surface area contributed by atoms with Gasteiger partial charge in [-0.25, -0.2) is 4.79 Å². The van der Waals surface area contributed by atoms with E-state index in [1.54, 1.807) is 14.0 Å². The van der Waals surface area contributed by atoms with Crippen LogP contribution in [-0.4, -0.2) is 36.2 Å². The molecule has 0 saturated heterocycles. The van der Waals surface area contributed by atoms with Crippen LogP contribution in [-0.2, 0) is 14.3 Å². The third kappa shape index (κ3) is 33.2. The van der Waals surface area contributed by atoms with Crippen LogP contribution < -0.4 is 5.32 Å². The van der Waals surface area contributed by atoms with E-state index in [-0.39, 0.29) is 6.10 Å². The maximum Gasteiger partial charge on any atom is 0.330 e. The lowest BCUT2D eigenvalue weighted by Gasteiger charge is -2.09. The van der Waals surface area contributed by atoms with Crippen LogP contribution in [0.1, 0.15) is 188 Å². The van der Waals surface area contributed by atoms with E-state index >= 15 is 0 Å². The van der Waals surface area contributed by atoms with Crippen molar-refractivity contribution < 1.29 is 19.4 Å². The highest BCUT2D eigenvalue weighted by Crippen LogP contribution is 2.14. The minimum absolute atomic E-state index is 0.0255. The average Bonchev–Trinajstić information content (AvgIpc) is 2.93. The Bertz CT molecular complexity index is 511. The minimum atomic E-state index is -0.490. The summed E-state index contributed by atoms with van der Waals surface area (Å²) in [7, 11) is 1.67. The first-order valence-electron chi connectivity index (χ1n) is 17.0. The van der Waals surface area contributed by atoms with Gasteiger partial charge < -0.3 is 15.2 Å². The fraction of sp³-hybridized carbons (Fsp3) is 0.941. The van der Waals surface area contributed by atoms with Crippen LogP contribution in [0.4, 0.5) is 0 Å². The molecule has 0 aromatic heterocycles. The van der Waals surface area contributed by atoms with Crippen molar-refractivity contribution in [2.24, 2.45) is 0 Å². The summed E-state index contributed by atoms with van der Waals surface area (Å²) in [6, 6.07) is -0.429. The Hall–Kier alpha value is -0.940. The van der Waals surface area contributed by atoms with E-state index in [9.17, 15) is 14.7 Å². The summed E-state index contributed by atoms with van der Waals surface area (Å²) >= 11 is 0. The van der Waals surface area contributed by atoms with Crippen molar-refractivity contribution in [3.63, 3.8) is 0 Å². The van der Waals surface area contributed by atoms with Gasteiger partial charge in [-0.05, 0) is 33.2 Å². The number of carbonyl (C=O) groups excluding carboxylic acids is 2. The predicted molar refractivity (Wildman–Crippen MR) is 168 cm³/mol. The highest BCUT2D eigenvalue weighted by atomic mass is 16.6. The number of likely N-dealkylation sites (N-methyl/N-ethyl adjacent to an activating group) is 1. The summed E-state index contributed by atoms with van der Waals surface area (Å²) in [5, 5.41) is 12.5. The second kappa shape index (κ2) is 33.3. The Labute approximate surface area is 244 Å². The number of rotatable bonds is 27. The zero-order chi connectivity index (χ0) is 29.4. The van der Waals surface area contributed by atoms with E-state index in [0.29, 0.717) is 6.42 Å². The third-order valence-electron chi connectivity index (χ3n) is 7.52. The highest BCUT2D eigenvalue weighted by molar-refractivity contribution is 5.88. The molecule has 2 atom stereocenters. The van der Waals surface area contributed by atoms with Gasteiger partial charge in [-0.3, -0.25) is 4.79 Å². The van der Waals surface area contributed by atoms with Gasteiger partial charge >= 0.3 is 11.9 Å². The molecule has 0 radical (unpaired) electrons. The van der Waals surface area contributed by atoms with Gasteiger partial charge in [-0.2, -0.15) is 0 Å². The lowest BCUT2D eigenvalue weighted by atomic mass is 10.0. The van der Waals surface area contributed by atoms with Gasteiger partial charge in [0.15, 0.2) is 0 Å². The first-order chi connectivity index (χ1) is 18.9. The largest absolute Gasteiger partial charge is 0.393 e. The topological polar surface area (TPSA) is 75.6 Å². The maximum absolute atomic E-state index is 11.5. The molecular formula is C34H69NO4. The summed E-state index contributed by atoms with van der Waals surface area (Å²) in [5.41, 5.74) is 0. The normalized spacial score (nSPS) is 12.5. The van der Waals surface area contributed by atoms with Crippen LogP contribution in [0.5, 0.6) is 0 Å². The first-order valence-corrected chi connectivity index (χ1v) is 17.0. The zero-order valence-electron chi connectivity index (χ0n) is 27.0. The van der Waals surface area contributed by atoms with Gasteiger partial charge in [-0.15, -0.1) is 0 Å². The van der Waals surface area contributed by atoms with Crippen molar-refractivity contribution >= 4 is 11.9 Å². The Balaban J connectivity index is 0. The molecule has 0 spiro atoms. The molecule has 2 N–H and O–H groups in total. The van der Waals surface area contributed by atoms with Gasteiger partial charge in [0.2, 0.25) is 0 Å². The Morgan fingerprint density at radius 1 is 0.590 bits per heavy atom. The van der Waals surface area contributed by atoms with Crippen LogP contribution in [0.2, 0.25) is 0 Å². The lowest BCUT2D eigenvalue weighted by molar-refractivity contribution is -0.160. The van der Waals surface area contributed by atoms with E-state index in [1.165, 1.54) is 128 Å². The predicted octanol–water partition coefficient (Wildman–Crippen LogP) is 9.82. The number of aliphatic hydroxyl groups is 1. The molecule has 0 fully saturated rings. The minimum Gasteiger partial charge on any atom is -0.393 e. The van der Waals surface area contributed by atoms with E-state index in [2.05, 4.69) is 26.1 Å². The highest BCUT2D eigenvalue weighted by Gasteiger charge is 2.15. The number of hydrogen-bond donors (Lipinski definition) is 2. The molecular weight excluding hydrogens is 486 g/mol. The van der Waals surface area contributed by atoms with Crippen LogP contribution in [0.3, 0.4) is 0 Å². The van der Waals surface area contributed by atoms with Crippen molar-refractivity contribution in [2.75, 3.05) is 7.05 Å². The molecule has 0 rings (SSSR count). The summed E-state index contributed by atoms with van der Waals surface area (Å²) in [6.07, 6.45) is 30.6. The standard InChI is InChI=1S/C18H35NO3.C16H34O/c1-4-5-6-7-8-9-10-11-12-13-14-15-17(20)22-18(21)16(2)19-3;1-3-5-7-9-10-11-13-15-16(17)14-12-8-6-4-2/h16,19H,4-15H2,1-3H3;16-17H,3-15H2,1-2H3. The van der Waals surface area contributed by atoms with E-state index < -0.39 is 18.0 Å². The number of nitrogens with one attached hydrogen (secondary N) is 1. The first kappa shape index (κ1) is 40.2. The Morgan fingerprint density at radius 3 is 1.31 bits per heavy atom. The molecule has 0 aromatic carbocycles. The van der Waals surface area contributed by atoms with Gasteiger partial charge in [0.1, 0.15) is 6.04 Å². The van der Waals surface area contributed by atoms with Crippen molar-refractivity contribution in [1.29, 1.82) is 0 Å². The number of ether oxygens (including phenoxy) is 1. The second-order valence-electron chi connectivity index (χ2n) is 11.5. The number of unbranched alkanes of at least 4 members (excludes halogenated alkanes) is 19. The van der Waals surface area contributed by atoms with Gasteiger partial charge in [-0.1, -0.05) is 156 Å². The van der Waals surface area contributed by atoms with Crippen LogP contribution in [0.25, 0.3) is 0 Å². The number of hydrogen-bond acceptors (Lipinski definition) is 5. The molecule has 0 saturated carbocycles. The number of esters is 2. The molecule has 234 valence electrons. The summed E-state index contributed by atoms with van der Waals surface area (Å²) in [6.45, 7) is 8.41. The SMILES string of the molecule is CCCCCCCCCC(O)CCCCCC.CCCCCCCCCCCCCC(=O)OC(=O)C(C)NC. The zero-order valence-corrected chi connectivity index (χ0v) is 27.0. The molecule has 5 nitrogen and oxygen atoms in total. The van der Waals surface area contributed by atoms with Crippen molar-refractivity contribution in [1.82, 2.24) is 5.32 Å². The molecule has 0 aliphatic heterocycles. The fourth-order valence-electron chi connectivity index (χ4n) is 4.59. The fourth-order valence-corrected chi connectivity index (χ4v) is 4.59. The van der Waals surface area contributed by atoms with E-state index in [4.69, 9.17) is 4.74 Å². The molecule has 0 aliphatic carbocycles. The van der Waals surface area contributed by atoms with Crippen molar-refractivity contribution in [3.8, 4) is 0 Å². The van der Waals surface area contributed by atoms with Crippen LogP contribution in [0.15, 0.2) is 0 Å². The van der Waals surface area contributed by atoms with Crippen molar-refractivity contribution in [3.05, 3.63) is 0 Å². The maximum atomic E-state index is 11.5. The quantitative estimate of drug-likeness (QED) is 0.0599. The molecule has 0 amide bonds. The monoisotopic (exact) mass is 556 g/mol. The Kier molecular flexibility index (Phi) is 34.3. The number of aliphatic hydroxyl groups excluding tert-OH is 1. The van der Waals surface area contributed by atoms with Gasteiger partial charge in [0, 0.05) is 6.42 Å². The molecule has 0 aliphatic rings. The van der Waals surface area contributed by atoms with Crippen LogP contribution in [0, 0.1) is 0 Å². The summed E-state index contributed by atoms with van der Waals surface area (Å²) in [4.78, 5) is 22.8. The smallest absolute Gasteiger partial charge is 0.330 e. The second-order valence-corrected chi connectivity index (χ2v) is 11.5. The van der Waals surface area contributed by atoms with E-state index in [1.807, 2.05) is 0 Å². The third-order valence-corrected chi connectivity index (χ3v) is 7.52. The average molecular weight is 556 g/mol. The Morgan fingerprint density at radius 2 is 0.923 bits per heavy atom. The summed E-state index contributed by atoms with van der Waals surface area (Å²) in [5.74, 6) is -0.890. The number of carbonyl (C=O) groups is 2. The van der Waals surface area contributed by atoms with Gasteiger partial charge in [0.05, 0.1) is 6.10 Å².